The summed E-state index contributed by atoms with van der Waals surface area (Å²) in [5, 5.41) is 10.2. The maximum Gasteiger partial charge on any atom is 0.191 e. The van der Waals surface area contributed by atoms with Gasteiger partial charge in [-0.15, -0.1) is 22.7 Å². The van der Waals surface area contributed by atoms with Crippen LogP contribution < -0.4 is 10.6 Å². The van der Waals surface area contributed by atoms with Crippen LogP contribution in [0.3, 0.4) is 0 Å². The molecule has 3 heterocycles. The van der Waals surface area contributed by atoms with Gasteiger partial charge >= 0.3 is 0 Å². The van der Waals surface area contributed by atoms with Gasteiger partial charge in [0.05, 0.1) is 11.6 Å². The smallest absolute Gasteiger partial charge is 0.191 e. The number of nitrogens with one attached hydrogen (secondary N) is 2. The Kier molecular flexibility index (Phi) is 7.05. The van der Waals surface area contributed by atoms with E-state index in [1.54, 1.807) is 16.2 Å². The third-order valence-electron chi connectivity index (χ3n) is 4.62. The zero-order valence-corrected chi connectivity index (χ0v) is 17.6. The molecule has 0 fully saturated rings. The summed E-state index contributed by atoms with van der Waals surface area (Å²) in [7, 11) is 0. The van der Waals surface area contributed by atoms with Gasteiger partial charge in [0.1, 0.15) is 0 Å². The van der Waals surface area contributed by atoms with Gasteiger partial charge in [0.25, 0.3) is 0 Å². The number of aromatic nitrogens is 1. The van der Waals surface area contributed by atoms with Crippen LogP contribution in [0.4, 0.5) is 0 Å². The number of rotatable bonds is 7. The van der Waals surface area contributed by atoms with E-state index in [2.05, 4.69) is 52.7 Å². The molecule has 0 aliphatic carbocycles. The van der Waals surface area contributed by atoms with Crippen molar-refractivity contribution in [3.63, 3.8) is 0 Å². The number of aliphatic imine (C=N–C) groups is 1. The van der Waals surface area contributed by atoms with E-state index in [9.17, 15) is 0 Å². The van der Waals surface area contributed by atoms with E-state index in [4.69, 9.17) is 4.99 Å². The van der Waals surface area contributed by atoms with Crippen molar-refractivity contribution in [2.75, 3.05) is 26.2 Å². The average Bonchev–Trinajstić information content (AvgIpc) is 3.27. The van der Waals surface area contributed by atoms with Crippen LogP contribution >= 0.6 is 22.7 Å². The highest BCUT2D eigenvalue weighted by Crippen LogP contribution is 2.25. The second-order valence-corrected chi connectivity index (χ2v) is 9.02. The fourth-order valence-corrected chi connectivity index (χ4v) is 4.81. The van der Waals surface area contributed by atoms with Crippen molar-refractivity contribution in [1.82, 2.24) is 20.5 Å². The standard InChI is InChI=1S/C19H29N5S2/c1-4-20-19(21-8-5-18-22-12-15(3)26-18)23-11-14(2)24-9-6-17-16(13-24)7-10-25-17/h7,10,12,14H,4-6,8-9,11,13H2,1-3H3,(H2,20,21,23). The van der Waals surface area contributed by atoms with E-state index >= 15 is 0 Å². The third kappa shape index (κ3) is 5.28. The van der Waals surface area contributed by atoms with E-state index in [0.29, 0.717) is 6.04 Å². The maximum absolute atomic E-state index is 4.81. The molecule has 1 aliphatic rings. The predicted octanol–water partition coefficient (Wildman–Crippen LogP) is 3.06. The van der Waals surface area contributed by atoms with E-state index in [0.717, 1.165) is 45.1 Å². The second-order valence-electron chi connectivity index (χ2n) is 6.70. The monoisotopic (exact) mass is 391 g/mol. The molecule has 1 unspecified atom stereocenters. The summed E-state index contributed by atoms with van der Waals surface area (Å²) in [6, 6.07) is 2.72. The number of guanidine groups is 1. The number of fused-ring (bicyclic) bond motifs is 1. The van der Waals surface area contributed by atoms with Crippen molar-refractivity contribution in [3.8, 4) is 0 Å². The number of nitrogens with zero attached hydrogens (tertiary/aromatic N) is 3. The summed E-state index contributed by atoms with van der Waals surface area (Å²) in [6.45, 7) is 11.2. The summed E-state index contributed by atoms with van der Waals surface area (Å²) in [5.41, 5.74) is 1.50. The first kappa shape index (κ1) is 19.3. The number of aryl methyl sites for hydroxylation is 1. The number of hydrogen-bond acceptors (Lipinski definition) is 5. The molecule has 5 nitrogen and oxygen atoms in total. The van der Waals surface area contributed by atoms with Crippen molar-refractivity contribution < 1.29 is 0 Å². The molecule has 1 atom stereocenters. The molecule has 2 aromatic heterocycles. The van der Waals surface area contributed by atoms with Crippen LogP contribution in [0, 0.1) is 6.92 Å². The van der Waals surface area contributed by atoms with Gasteiger partial charge in [-0.2, -0.15) is 0 Å². The zero-order valence-electron chi connectivity index (χ0n) is 15.9. The fourth-order valence-electron chi connectivity index (χ4n) is 3.13. The molecular weight excluding hydrogens is 362 g/mol. The van der Waals surface area contributed by atoms with Crippen molar-refractivity contribution in [1.29, 1.82) is 0 Å². The Morgan fingerprint density at radius 2 is 2.31 bits per heavy atom. The first-order valence-corrected chi connectivity index (χ1v) is 11.1. The Morgan fingerprint density at radius 1 is 1.42 bits per heavy atom. The largest absolute Gasteiger partial charge is 0.357 e. The highest BCUT2D eigenvalue weighted by atomic mass is 32.1. The molecule has 1 aliphatic heterocycles. The summed E-state index contributed by atoms with van der Waals surface area (Å²) in [5.74, 6) is 0.904. The Balaban J connectivity index is 1.48. The Hall–Kier alpha value is -1.44. The first-order valence-electron chi connectivity index (χ1n) is 9.38. The highest BCUT2D eigenvalue weighted by Gasteiger charge is 2.21. The average molecular weight is 392 g/mol. The van der Waals surface area contributed by atoms with Crippen molar-refractivity contribution in [2.45, 2.75) is 46.2 Å². The first-order chi connectivity index (χ1) is 12.7. The predicted molar refractivity (Wildman–Crippen MR) is 112 cm³/mol. The molecule has 0 amide bonds. The topological polar surface area (TPSA) is 52.6 Å². The van der Waals surface area contributed by atoms with E-state index in [1.165, 1.54) is 21.9 Å². The van der Waals surface area contributed by atoms with E-state index in [-0.39, 0.29) is 0 Å². The van der Waals surface area contributed by atoms with Crippen LogP contribution in [0.1, 0.15) is 34.2 Å². The van der Waals surface area contributed by atoms with Gasteiger partial charge in [-0.3, -0.25) is 9.89 Å². The molecule has 0 saturated heterocycles. The van der Waals surface area contributed by atoms with Gasteiger partial charge in [-0.1, -0.05) is 0 Å². The van der Waals surface area contributed by atoms with Gasteiger partial charge in [-0.05, 0) is 44.2 Å². The normalized spacial score (nSPS) is 16.3. The molecule has 2 N–H and O–H groups in total. The molecule has 0 saturated carbocycles. The summed E-state index contributed by atoms with van der Waals surface area (Å²) >= 11 is 3.66. The minimum Gasteiger partial charge on any atom is -0.357 e. The SMILES string of the molecule is CCNC(=NCC(C)N1CCc2sccc2C1)NCCc1ncc(C)s1. The van der Waals surface area contributed by atoms with Gasteiger partial charge in [0, 0.05) is 54.6 Å². The number of thiophene rings is 1. The van der Waals surface area contributed by atoms with Crippen LogP contribution in [0.5, 0.6) is 0 Å². The van der Waals surface area contributed by atoms with Crippen LogP contribution in [0.2, 0.25) is 0 Å². The summed E-state index contributed by atoms with van der Waals surface area (Å²) in [6.07, 6.45) is 4.05. The third-order valence-corrected chi connectivity index (χ3v) is 6.61. The van der Waals surface area contributed by atoms with Crippen LogP contribution in [0.25, 0.3) is 0 Å². The van der Waals surface area contributed by atoms with Gasteiger partial charge in [-0.25, -0.2) is 4.98 Å². The molecule has 26 heavy (non-hydrogen) atoms. The number of hydrogen-bond donors (Lipinski definition) is 2. The lowest BCUT2D eigenvalue weighted by Crippen LogP contribution is -2.41. The zero-order chi connectivity index (χ0) is 18.4. The Morgan fingerprint density at radius 3 is 3.08 bits per heavy atom. The van der Waals surface area contributed by atoms with Crippen molar-refractivity contribution >= 4 is 28.6 Å². The lowest BCUT2D eigenvalue weighted by Gasteiger charge is -2.31. The quantitative estimate of drug-likeness (QED) is 0.563. The Labute approximate surface area is 164 Å². The lowest BCUT2D eigenvalue weighted by molar-refractivity contribution is 0.197. The fraction of sp³-hybridized carbons (Fsp3) is 0.579. The van der Waals surface area contributed by atoms with Crippen LogP contribution in [-0.2, 0) is 19.4 Å². The molecular formula is C19H29N5S2. The molecule has 0 spiro atoms. The second kappa shape index (κ2) is 9.48. The van der Waals surface area contributed by atoms with E-state index < -0.39 is 0 Å². The minimum absolute atomic E-state index is 0.445. The molecule has 2 aromatic rings. The number of thiazole rings is 1. The highest BCUT2D eigenvalue weighted by molar-refractivity contribution is 7.11. The van der Waals surface area contributed by atoms with Gasteiger partial charge in [0.2, 0.25) is 0 Å². The molecule has 7 heteroatoms. The molecule has 0 radical (unpaired) electrons. The minimum atomic E-state index is 0.445. The summed E-state index contributed by atoms with van der Waals surface area (Å²) < 4.78 is 0. The lowest BCUT2D eigenvalue weighted by atomic mass is 10.1. The summed E-state index contributed by atoms with van der Waals surface area (Å²) in [4.78, 5) is 14.6. The van der Waals surface area contributed by atoms with Crippen molar-refractivity contribution in [2.24, 2.45) is 4.99 Å². The maximum atomic E-state index is 4.81. The van der Waals surface area contributed by atoms with Gasteiger partial charge in [0.15, 0.2) is 5.96 Å². The van der Waals surface area contributed by atoms with Crippen molar-refractivity contribution in [3.05, 3.63) is 38.0 Å². The van der Waals surface area contributed by atoms with E-state index in [1.807, 2.05) is 17.5 Å². The molecule has 0 aromatic carbocycles. The van der Waals surface area contributed by atoms with Gasteiger partial charge < -0.3 is 10.6 Å². The molecule has 142 valence electrons. The van der Waals surface area contributed by atoms with Crippen LogP contribution in [-0.4, -0.2) is 48.1 Å². The van der Waals surface area contributed by atoms with Crippen LogP contribution in [0.15, 0.2) is 22.6 Å². The molecule has 3 rings (SSSR count). The Bertz CT molecular complexity index is 721. The molecule has 0 bridgehead atoms.